The Morgan fingerprint density at radius 1 is 1.23 bits per heavy atom. The van der Waals surface area contributed by atoms with Crippen molar-refractivity contribution >= 4 is 22.4 Å². The summed E-state index contributed by atoms with van der Waals surface area (Å²) in [4.78, 5) is 22.6. The van der Waals surface area contributed by atoms with E-state index in [0.29, 0.717) is 21.2 Å². The number of hydrogen-bond donors (Lipinski definition) is 0. The highest BCUT2D eigenvalue weighted by atomic mass is 19.4. The summed E-state index contributed by atoms with van der Waals surface area (Å²) in [5.41, 5.74) is 0.315. The third kappa shape index (κ3) is 2.16. The molecule has 0 unspecified atom stereocenters. The first-order valence-corrected chi connectivity index (χ1v) is 6.33. The van der Waals surface area contributed by atoms with E-state index in [2.05, 4.69) is 0 Å². The van der Waals surface area contributed by atoms with Crippen molar-refractivity contribution in [3.63, 3.8) is 0 Å². The first kappa shape index (κ1) is 14.3. The van der Waals surface area contributed by atoms with Gasteiger partial charge < -0.3 is 4.90 Å². The summed E-state index contributed by atoms with van der Waals surface area (Å²) in [5, 5.41) is 12.2. The third-order valence-corrected chi connectivity index (χ3v) is 3.64. The molecule has 0 spiro atoms. The van der Waals surface area contributed by atoms with E-state index >= 15 is 0 Å². The number of nitrogens with zero attached hydrogens (tertiary/aromatic N) is 2. The zero-order valence-electron chi connectivity index (χ0n) is 11.1. The van der Waals surface area contributed by atoms with Crippen LogP contribution < -0.4 is 0 Å². The minimum Gasteiger partial charge on any atom is -0.326 e. The smallest absolute Gasteiger partial charge is 0.326 e. The van der Waals surface area contributed by atoms with Crippen molar-refractivity contribution in [3.05, 3.63) is 51.6 Å². The normalized spacial score (nSPS) is 14.2. The monoisotopic (exact) mass is 310 g/mol. The molecule has 3 rings (SSSR count). The first-order chi connectivity index (χ1) is 10.3. The van der Waals surface area contributed by atoms with Crippen LogP contribution in [0.3, 0.4) is 0 Å². The number of nitro benzene ring substituents is 1. The zero-order valence-corrected chi connectivity index (χ0v) is 11.1. The highest BCUT2D eigenvalue weighted by Crippen LogP contribution is 2.38. The SMILES string of the molecule is O=C(N1Cc2cc3ccccc3c([N+](=O)[O-])c2C1)C(F)(F)F. The average Bonchev–Trinajstić information content (AvgIpc) is 2.85. The number of alkyl halides is 3. The van der Waals surface area contributed by atoms with Crippen molar-refractivity contribution in [3.8, 4) is 0 Å². The van der Waals surface area contributed by atoms with Gasteiger partial charge in [-0.3, -0.25) is 14.9 Å². The molecule has 0 bridgehead atoms. The molecule has 0 N–H and O–H groups in total. The molecule has 1 amide bonds. The zero-order chi connectivity index (χ0) is 16.1. The molecule has 2 aromatic carbocycles. The van der Waals surface area contributed by atoms with Crippen LogP contribution in [0, 0.1) is 10.1 Å². The van der Waals surface area contributed by atoms with E-state index in [1.54, 1.807) is 30.3 Å². The number of amides is 1. The number of fused-ring (bicyclic) bond motifs is 2. The highest BCUT2D eigenvalue weighted by Gasteiger charge is 2.45. The maximum atomic E-state index is 12.5. The Morgan fingerprint density at radius 2 is 1.91 bits per heavy atom. The number of hydrogen-bond acceptors (Lipinski definition) is 3. The van der Waals surface area contributed by atoms with E-state index < -0.39 is 23.6 Å². The Bertz CT molecular complexity index is 802. The van der Waals surface area contributed by atoms with Crippen molar-refractivity contribution in [1.29, 1.82) is 0 Å². The van der Waals surface area contributed by atoms with Gasteiger partial charge >= 0.3 is 12.1 Å². The molecule has 22 heavy (non-hydrogen) atoms. The van der Waals surface area contributed by atoms with Crippen molar-refractivity contribution < 1.29 is 22.9 Å². The van der Waals surface area contributed by atoms with E-state index in [9.17, 15) is 28.1 Å². The minimum absolute atomic E-state index is 0.168. The molecule has 0 aliphatic carbocycles. The molecule has 0 aromatic heterocycles. The van der Waals surface area contributed by atoms with Gasteiger partial charge in [-0.25, -0.2) is 0 Å². The standard InChI is InChI=1S/C14H9F3N2O3/c15-14(16,17)13(20)18-6-9-5-8-3-1-2-4-10(8)12(19(21)22)11(9)7-18/h1-5H,6-7H2. The average molecular weight is 310 g/mol. The van der Waals surface area contributed by atoms with Gasteiger partial charge in [-0.2, -0.15) is 13.2 Å². The fraction of sp³-hybridized carbons (Fsp3) is 0.214. The number of rotatable bonds is 1. The summed E-state index contributed by atoms with van der Waals surface area (Å²) < 4.78 is 37.6. The van der Waals surface area contributed by atoms with Crippen LogP contribution in [0.5, 0.6) is 0 Å². The van der Waals surface area contributed by atoms with Crippen molar-refractivity contribution in [2.45, 2.75) is 19.3 Å². The molecule has 0 fully saturated rings. The van der Waals surface area contributed by atoms with Crippen molar-refractivity contribution in [1.82, 2.24) is 4.90 Å². The van der Waals surface area contributed by atoms with Gasteiger partial charge in [0.15, 0.2) is 0 Å². The van der Waals surface area contributed by atoms with Crippen LogP contribution in [0.15, 0.2) is 30.3 Å². The molecule has 0 saturated carbocycles. The summed E-state index contributed by atoms with van der Waals surface area (Å²) >= 11 is 0. The van der Waals surface area contributed by atoms with Crippen LogP contribution in [0.25, 0.3) is 10.8 Å². The number of carbonyl (C=O) groups excluding carboxylic acids is 1. The fourth-order valence-corrected chi connectivity index (χ4v) is 2.73. The quantitative estimate of drug-likeness (QED) is 0.600. The molecular weight excluding hydrogens is 301 g/mol. The lowest BCUT2D eigenvalue weighted by molar-refractivity contribution is -0.383. The summed E-state index contributed by atoms with van der Waals surface area (Å²) in [7, 11) is 0. The Kier molecular flexibility index (Phi) is 3.05. The molecule has 114 valence electrons. The van der Waals surface area contributed by atoms with Gasteiger partial charge in [-0.15, -0.1) is 0 Å². The van der Waals surface area contributed by atoms with E-state index in [1.807, 2.05) is 0 Å². The first-order valence-electron chi connectivity index (χ1n) is 6.33. The third-order valence-electron chi connectivity index (χ3n) is 3.64. The Morgan fingerprint density at radius 3 is 2.55 bits per heavy atom. The molecular formula is C14H9F3N2O3. The van der Waals surface area contributed by atoms with Crippen LogP contribution in [-0.2, 0) is 17.9 Å². The second-order valence-corrected chi connectivity index (χ2v) is 5.00. The second-order valence-electron chi connectivity index (χ2n) is 5.00. The fourth-order valence-electron chi connectivity index (χ4n) is 2.73. The Labute approximate surface area is 122 Å². The molecule has 1 heterocycles. The van der Waals surface area contributed by atoms with Crippen LogP contribution >= 0.6 is 0 Å². The minimum atomic E-state index is -4.99. The summed E-state index contributed by atoms with van der Waals surface area (Å²) in [6.45, 7) is -0.686. The van der Waals surface area contributed by atoms with Crippen molar-refractivity contribution in [2.24, 2.45) is 0 Å². The van der Waals surface area contributed by atoms with E-state index in [0.717, 1.165) is 0 Å². The molecule has 1 aliphatic heterocycles. The molecule has 8 heteroatoms. The lowest BCUT2D eigenvalue weighted by atomic mass is 10.0. The predicted molar refractivity (Wildman–Crippen MR) is 70.9 cm³/mol. The van der Waals surface area contributed by atoms with Crippen LogP contribution in [0.4, 0.5) is 18.9 Å². The summed E-state index contributed by atoms with van der Waals surface area (Å²) in [5.74, 6) is -1.98. The largest absolute Gasteiger partial charge is 0.471 e. The second kappa shape index (κ2) is 4.69. The lowest BCUT2D eigenvalue weighted by Gasteiger charge is -2.16. The number of nitro groups is 1. The number of halogens is 3. The van der Waals surface area contributed by atoms with Crippen molar-refractivity contribution in [2.75, 3.05) is 0 Å². The molecule has 5 nitrogen and oxygen atoms in total. The molecule has 0 radical (unpaired) electrons. The molecule has 0 atom stereocenters. The van der Waals surface area contributed by atoms with Crippen LogP contribution in [-0.4, -0.2) is 21.9 Å². The predicted octanol–water partition coefficient (Wildman–Crippen LogP) is 3.15. The molecule has 2 aromatic rings. The van der Waals surface area contributed by atoms with Gasteiger partial charge in [0.05, 0.1) is 22.4 Å². The maximum Gasteiger partial charge on any atom is 0.471 e. The number of carbonyl (C=O) groups is 1. The molecule has 0 saturated heterocycles. The Balaban J connectivity index is 2.13. The lowest BCUT2D eigenvalue weighted by Crippen LogP contribution is -2.37. The van der Waals surface area contributed by atoms with Gasteiger partial charge in [-0.1, -0.05) is 18.2 Å². The topological polar surface area (TPSA) is 63.5 Å². The van der Waals surface area contributed by atoms with E-state index in [1.165, 1.54) is 0 Å². The van der Waals surface area contributed by atoms with Crippen LogP contribution in [0.1, 0.15) is 11.1 Å². The Hall–Kier alpha value is -2.64. The van der Waals surface area contributed by atoms with Gasteiger partial charge in [0.2, 0.25) is 0 Å². The van der Waals surface area contributed by atoms with E-state index in [-0.39, 0.29) is 17.8 Å². The van der Waals surface area contributed by atoms with Gasteiger partial charge in [0.25, 0.3) is 5.69 Å². The van der Waals surface area contributed by atoms with Gasteiger partial charge in [-0.05, 0) is 23.1 Å². The molecule has 1 aliphatic rings. The summed E-state index contributed by atoms with van der Waals surface area (Å²) in [6.07, 6.45) is -4.99. The van der Waals surface area contributed by atoms with Gasteiger partial charge in [0, 0.05) is 6.54 Å². The van der Waals surface area contributed by atoms with E-state index in [4.69, 9.17) is 0 Å². The summed E-state index contributed by atoms with van der Waals surface area (Å²) in [6, 6.07) is 8.10. The van der Waals surface area contributed by atoms with Crippen LogP contribution in [0.2, 0.25) is 0 Å². The highest BCUT2D eigenvalue weighted by molar-refractivity contribution is 5.94. The number of benzene rings is 2. The maximum absolute atomic E-state index is 12.5. The van der Waals surface area contributed by atoms with Gasteiger partial charge in [0.1, 0.15) is 0 Å².